The number of aryl methyl sites for hydroxylation is 1. The molecule has 1 amide bonds. The summed E-state index contributed by atoms with van der Waals surface area (Å²) in [6.07, 6.45) is 7.39. The molecule has 0 radical (unpaired) electrons. The topological polar surface area (TPSA) is 81.8 Å². The highest BCUT2D eigenvalue weighted by molar-refractivity contribution is 5.77. The van der Waals surface area contributed by atoms with E-state index >= 15 is 0 Å². The summed E-state index contributed by atoms with van der Waals surface area (Å²) in [4.78, 5) is 28.6. The van der Waals surface area contributed by atoms with Gasteiger partial charge in [0.25, 0.3) is 5.56 Å². The van der Waals surface area contributed by atoms with Crippen LogP contribution in [-0.2, 0) is 18.4 Å². The van der Waals surface area contributed by atoms with E-state index in [1.54, 1.807) is 11.7 Å². The molecule has 2 heterocycles. The summed E-state index contributed by atoms with van der Waals surface area (Å²) in [5.74, 6) is 0.335. The fraction of sp³-hybridized carbons (Fsp3) is 0.625. The number of hydrogen-bond donors (Lipinski definition) is 1. The average molecular weight is 319 g/mol. The Hall–Kier alpha value is -2.18. The fourth-order valence-corrected chi connectivity index (χ4v) is 2.59. The van der Waals surface area contributed by atoms with Crippen molar-refractivity contribution < 1.29 is 4.79 Å². The third-order valence-electron chi connectivity index (χ3n) is 4.16. The summed E-state index contributed by atoms with van der Waals surface area (Å²) in [7, 11) is 1.73. The number of carbonyl (C=O) groups is 1. The van der Waals surface area contributed by atoms with Crippen molar-refractivity contribution in [1.82, 2.24) is 24.6 Å². The molecule has 0 spiro atoms. The van der Waals surface area contributed by atoms with Crippen molar-refractivity contribution in [3.05, 3.63) is 22.9 Å². The van der Waals surface area contributed by atoms with Gasteiger partial charge in [-0.1, -0.05) is 33.1 Å². The zero-order valence-corrected chi connectivity index (χ0v) is 14.1. The van der Waals surface area contributed by atoms with Gasteiger partial charge in [-0.2, -0.15) is 5.10 Å². The Labute approximate surface area is 135 Å². The summed E-state index contributed by atoms with van der Waals surface area (Å²) in [5, 5.41) is 7.37. The van der Waals surface area contributed by atoms with Crippen LogP contribution in [0.5, 0.6) is 0 Å². The van der Waals surface area contributed by atoms with Gasteiger partial charge in [0.1, 0.15) is 18.3 Å². The molecule has 0 saturated carbocycles. The first kappa shape index (κ1) is 17.2. The van der Waals surface area contributed by atoms with Gasteiger partial charge >= 0.3 is 0 Å². The first-order valence-corrected chi connectivity index (χ1v) is 8.20. The lowest BCUT2D eigenvalue weighted by atomic mass is 9.99. The molecule has 0 aliphatic rings. The SMILES string of the molecule is CCCCC(CC)CNC(=O)Cn1cnc2c(cnn2C)c1=O. The third kappa shape index (κ3) is 4.18. The number of nitrogens with zero attached hydrogens (tertiary/aromatic N) is 4. The molecule has 0 fully saturated rings. The van der Waals surface area contributed by atoms with Crippen molar-refractivity contribution in [2.75, 3.05) is 6.54 Å². The summed E-state index contributed by atoms with van der Waals surface area (Å²) >= 11 is 0. The second-order valence-electron chi connectivity index (χ2n) is 5.90. The van der Waals surface area contributed by atoms with E-state index in [4.69, 9.17) is 0 Å². The molecule has 0 aliphatic heterocycles. The molecule has 0 saturated heterocycles. The maximum Gasteiger partial charge on any atom is 0.264 e. The Bertz CT molecular complexity index is 719. The third-order valence-corrected chi connectivity index (χ3v) is 4.16. The number of hydrogen-bond acceptors (Lipinski definition) is 4. The van der Waals surface area contributed by atoms with E-state index in [1.807, 2.05) is 0 Å². The predicted molar refractivity (Wildman–Crippen MR) is 89.1 cm³/mol. The Morgan fingerprint density at radius 3 is 2.87 bits per heavy atom. The van der Waals surface area contributed by atoms with Crippen LogP contribution in [0.1, 0.15) is 39.5 Å². The molecule has 1 unspecified atom stereocenters. The van der Waals surface area contributed by atoms with Crippen molar-refractivity contribution in [3.63, 3.8) is 0 Å². The molecule has 1 N–H and O–H groups in total. The Morgan fingerprint density at radius 1 is 1.39 bits per heavy atom. The van der Waals surface area contributed by atoms with Crippen LogP contribution in [0.25, 0.3) is 11.0 Å². The highest BCUT2D eigenvalue weighted by Gasteiger charge is 2.12. The zero-order valence-electron chi connectivity index (χ0n) is 14.1. The quantitative estimate of drug-likeness (QED) is 0.798. The summed E-state index contributed by atoms with van der Waals surface area (Å²) in [6, 6.07) is 0. The second kappa shape index (κ2) is 7.89. The Morgan fingerprint density at radius 2 is 2.17 bits per heavy atom. The molecule has 126 valence electrons. The molecular weight excluding hydrogens is 294 g/mol. The van der Waals surface area contributed by atoms with Crippen LogP contribution in [0, 0.1) is 5.92 Å². The average Bonchev–Trinajstić information content (AvgIpc) is 2.92. The van der Waals surface area contributed by atoms with Gasteiger partial charge in [0.2, 0.25) is 5.91 Å². The number of unbranched alkanes of at least 4 members (excludes halogenated alkanes) is 1. The Kier molecular flexibility index (Phi) is 5.90. The molecule has 0 aliphatic carbocycles. The van der Waals surface area contributed by atoms with Gasteiger partial charge in [-0.15, -0.1) is 0 Å². The van der Waals surface area contributed by atoms with Crippen molar-refractivity contribution in [2.45, 2.75) is 46.1 Å². The molecule has 1 atom stereocenters. The van der Waals surface area contributed by atoms with Gasteiger partial charge < -0.3 is 5.32 Å². The van der Waals surface area contributed by atoms with Crippen molar-refractivity contribution in [2.24, 2.45) is 13.0 Å². The van der Waals surface area contributed by atoms with E-state index in [-0.39, 0.29) is 18.0 Å². The lowest BCUT2D eigenvalue weighted by Gasteiger charge is -2.15. The number of aromatic nitrogens is 4. The van der Waals surface area contributed by atoms with Crippen molar-refractivity contribution >= 4 is 16.9 Å². The molecular formula is C16H25N5O2. The minimum absolute atomic E-state index is 0.0130. The van der Waals surface area contributed by atoms with E-state index in [1.165, 1.54) is 23.5 Å². The molecule has 23 heavy (non-hydrogen) atoms. The largest absolute Gasteiger partial charge is 0.354 e. The predicted octanol–water partition coefficient (Wildman–Crippen LogP) is 1.46. The fourth-order valence-electron chi connectivity index (χ4n) is 2.59. The maximum atomic E-state index is 12.3. The number of amides is 1. The van der Waals surface area contributed by atoms with Gasteiger partial charge in [-0.05, 0) is 12.3 Å². The summed E-state index contributed by atoms with van der Waals surface area (Å²) < 4.78 is 2.87. The summed E-state index contributed by atoms with van der Waals surface area (Å²) in [6.45, 7) is 4.95. The van der Waals surface area contributed by atoms with Crippen LogP contribution in [0.3, 0.4) is 0 Å². The van der Waals surface area contributed by atoms with E-state index in [9.17, 15) is 9.59 Å². The molecule has 0 bridgehead atoms. The Balaban J connectivity index is 1.97. The standard InChI is InChI=1S/C16H25N5O2/c1-4-6-7-12(5-2)8-17-14(22)10-21-11-18-15-13(16(21)23)9-19-20(15)3/h9,11-12H,4-8,10H2,1-3H3,(H,17,22). The maximum absolute atomic E-state index is 12.3. The van der Waals surface area contributed by atoms with Crippen LogP contribution < -0.4 is 10.9 Å². The number of nitrogens with one attached hydrogen (secondary N) is 1. The molecule has 2 rings (SSSR count). The molecule has 2 aromatic rings. The highest BCUT2D eigenvalue weighted by atomic mass is 16.2. The number of fused-ring (bicyclic) bond motifs is 1. The number of rotatable bonds is 8. The molecule has 2 aromatic heterocycles. The minimum atomic E-state index is -0.240. The van der Waals surface area contributed by atoms with Gasteiger partial charge in [0, 0.05) is 13.6 Å². The van der Waals surface area contributed by atoms with Gasteiger partial charge in [-0.3, -0.25) is 18.8 Å². The normalized spacial score (nSPS) is 12.5. The first-order chi connectivity index (χ1) is 11.1. The smallest absolute Gasteiger partial charge is 0.264 e. The lowest BCUT2D eigenvalue weighted by Crippen LogP contribution is -2.35. The van der Waals surface area contributed by atoms with Gasteiger partial charge in [-0.25, -0.2) is 4.98 Å². The zero-order chi connectivity index (χ0) is 16.8. The van der Waals surface area contributed by atoms with Crippen LogP contribution >= 0.6 is 0 Å². The van der Waals surface area contributed by atoms with E-state index in [0.29, 0.717) is 23.5 Å². The summed E-state index contributed by atoms with van der Waals surface area (Å²) in [5.41, 5.74) is 0.286. The monoisotopic (exact) mass is 319 g/mol. The first-order valence-electron chi connectivity index (χ1n) is 8.20. The van der Waals surface area contributed by atoms with E-state index in [2.05, 4.69) is 29.2 Å². The highest BCUT2D eigenvalue weighted by Crippen LogP contribution is 2.11. The van der Waals surface area contributed by atoms with Crippen LogP contribution in [-0.4, -0.2) is 31.8 Å². The van der Waals surface area contributed by atoms with Gasteiger partial charge in [0.15, 0.2) is 5.65 Å². The van der Waals surface area contributed by atoms with Crippen LogP contribution in [0.2, 0.25) is 0 Å². The lowest BCUT2D eigenvalue weighted by molar-refractivity contribution is -0.121. The minimum Gasteiger partial charge on any atom is -0.354 e. The number of carbonyl (C=O) groups excluding carboxylic acids is 1. The van der Waals surface area contributed by atoms with Crippen molar-refractivity contribution in [1.29, 1.82) is 0 Å². The molecule has 7 heteroatoms. The second-order valence-corrected chi connectivity index (χ2v) is 5.90. The van der Waals surface area contributed by atoms with Crippen LogP contribution in [0.15, 0.2) is 17.3 Å². The molecule has 7 nitrogen and oxygen atoms in total. The van der Waals surface area contributed by atoms with Gasteiger partial charge in [0.05, 0.1) is 6.20 Å². The van der Waals surface area contributed by atoms with E-state index < -0.39 is 0 Å². The van der Waals surface area contributed by atoms with Crippen molar-refractivity contribution in [3.8, 4) is 0 Å². The molecule has 0 aromatic carbocycles. The van der Waals surface area contributed by atoms with E-state index in [0.717, 1.165) is 19.3 Å². The van der Waals surface area contributed by atoms with Crippen LogP contribution in [0.4, 0.5) is 0 Å².